The van der Waals surface area contributed by atoms with Crippen molar-refractivity contribution >= 4 is 0 Å². The molecule has 76 valence electrons. The van der Waals surface area contributed by atoms with Crippen LogP contribution >= 0.6 is 0 Å². The normalized spacial score (nSPS) is 10.3. The Morgan fingerprint density at radius 2 is 1.93 bits per heavy atom. The Hall–Kier alpha value is -1.84. The average molecular weight is 206 g/mol. The van der Waals surface area contributed by atoms with Gasteiger partial charge in [0, 0.05) is 17.8 Å². The second-order valence-corrected chi connectivity index (χ2v) is 3.11. The van der Waals surface area contributed by atoms with E-state index in [2.05, 4.69) is 9.97 Å². The smallest absolute Gasteiger partial charge is 0.135 e. The van der Waals surface area contributed by atoms with Gasteiger partial charge < -0.3 is 0 Å². The molecule has 2 rings (SSSR count). The number of hydrogen-bond donors (Lipinski definition) is 0. The first-order chi connectivity index (χ1) is 7.16. The Morgan fingerprint density at radius 3 is 2.60 bits per heavy atom. The third-order valence-electron chi connectivity index (χ3n) is 1.98. The molecule has 0 fully saturated rings. The van der Waals surface area contributed by atoms with Crippen molar-refractivity contribution in [2.45, 2.75) is 6.92 Å². The van der Waals surface area contributed by atoms with E-state index in [1.807, 2.05) is 0 Å². The van der Waals surface area contributed by atoms with Crippen molar-refractivity contribution in [1.82, 2.24) is 9.97 Å². The quantitative estimate of drug-likeness (QED) is 0.716. The second kappa shape index (κ2) is 3.73. The maximum absolute atomic E-state index is 13.4. The molecule has 0 N–H and O–H groups in total. The van der Waals surface area contributed by atoms with Gasteiger partial charge in [-0.1, -0.05) is 0 Å². The van der Waals surface area contributed by atoms with Crippen LogP contribution in [0.1, 0.15) is 5.82 Å². The monoisotopic (exact) mass is 206 g/mol. The van der Waals surface area contributed by atoms with Gasteiger partial charge in [-0.25, -0.2) is 18.7 Å². The van der Waals surface area contributed by atoms with Crippen LogP contribution < -0.4 is 0 Å². The van der Waals surface area contributed by atoms with Gasteiger partial charge in [-0.2, -0.15) is 0 Å². The van der Waals surface area contributed by atoms with E-state index >= 15 is 0 Å². The van der Waals surface area contributed by atoms with Crippen molar-refractivity contribution in [3.63, 3.8) is 0 Å². The highest BCUT2D eigenvalue weighted by Gasteiger charge is 2.07. The lowest BCUT2D eigenvalue weighted by Gasteiger charge is -2.02. The number of nitrogens with zero attached hydrogens (tertiary/aromatic N) is 2. The lowest BCUT2D eigenvalue weighted by atomic mass is 10.1. The van der Waals surface area contributed by atoms with E-state index in [0.717, 1.165) is 6.07 Å². The number of rotatable bonds is 1. The second-order valence-electron chi connectivity index (χ2n) is 3.11. The van der Waals surface area contributed by atoms with Crippen molar-refractivity contribution in [3.8, 4) is 11.3 Å². The van der Waals surface area contributed by atoms with E-state index in [1.54, 1.807) is 19.2 Å². The highest BCUT2D eigenvalue weighted by Crippen LogP contribution is 2.20. The summed E-state index contributed by atoms with van der Waals surface area (Å²) in [6, 6.07) is 5.00. The molecule has 2 nitrogen and oxygen atoms in total. The lowest BCUT2D eigenvalue weighted by Crippen LogP contribution is -1.92. The maximum Gasteiger partial charge on any atom is 0.135 e. The van der Waals surface area contributed by atoms with E-state index in [9.17, 15) is 8.78 Å². The minimum absolute atomic E-state index is 0.280. The predicted octanol–water partition coefficient (Wildman–Crippen LogP) is 2.73. The molecule has 1 heterocycles. The van der Waals surface area contributed by atoms with Crippen LogP contribution in [0, 0.1) is 18.6 Å². The molecule has 0 aliphatic rings. The van der Waals surface area contributed by atoms with Gasteiger partial charge in [0.15, 0.2) is 0 Å². The summed E-state index contributed by atoms with van der Waals surface area (Å²) in [5, 5.41) is 0. The van der Waals surface area contributed by atoms with Gasteiger partial charge in [0.25, 0.3) is 0 Å². The molecule has 2 aromatic rings. The van der Waals surface area contributed by atoms with Crippen LogP contribution in [-0.4, -0.2) is 9.97 Å². The van der Waals surface area contributed by atoms with E-state index in [1.165, 1.54) is 12.1 Å². The summed E-state index contributed by atoms with van der Waals surface area (Å²) in [6.45, 7) is 1.71. The highest BCUT2D eigenvalue weighted by atomic mass is 19.1. The first kappa shape index (κ1) is 9.71. The zero-order valence-corrected chi connectivity index (χ0v) is 8.04. The molecule has 0 bridgehead atoms. The largest absolute Gasteiger partial charge is 0.242 e. The fraction of sp³-hybridized carbons (Fsp3) is 0.0909. The van der Waals surface area contributed by atoms with Crippen LogP contribution in [0.25, 0.3) is 11.3 Å². The molecule has 0 aliphatic carbocycles. The van der Waals surface area contributed by atoms with Gasteiger partial charge in [0.1, 0.15) is 17.5 Å². The SMILES string of the molecule is Cc1nccc(-c2ccc(F)cc2F)n1. The number of benzene rings is 1. The van der Waals surface area contributed by atoms with Crippen molar-refractivity contribution in [2.75, 3.05) is 0 Å². The molecule has 0 aliphatic heterocycles. The summed E-state index contributed by atoms with van der Waals surface area (Å²) >= 11 is 0. The van der Waals surface area contributed by atoms with Crippen LogP contribution in [0.2, 0.25) is 0 Å². The van der Waals surface area contributed by atoms with Crippen LogP contribution in [0.4, 0.5) is 8.78 Å². The Bertz CT molecular complexity index is 498. The van der Waals surface area contributed by atoms with Gasteiger partial charge in [-0.3, -0.25) is 0 Å². The predicted molar refractivity (Wildman–Crippen MR) is 52.1 cm³/mol. The van der Waals surface area contributed by atoms with Crippen LogP contribution in [0.5, 0.6) is 0 Å². The molecule has 0 amide bonds. The number of aryl methyl sites for hydroxylation is 1. The summed E-state index contributed by atoms with van der Waals surface area (Å²) in [5.41, 5.74) is 0.738. The summed E-state index contributed by atoms with van der Waals surface area (Å²) in [5.74, 6) is -0.661. The fourth-order valence-electron chi connectivity index (χ4n) is 1.30. The van der Waals surface area contributed by atoms with Gasteiger partial charge in [-0.15, -0.1) is 0 Å². The van der Waals surface area contributed by atoms with E-state index < -0.39 is 11.6 Å². The highest BCUT2D eigenvalue weighted by molar-refractivity contribution is 5.59. The van der Waals surface area contributed by atoms with Crippen molar-refractivity contribution in [1.29, 1.82) is 0 Å². The molecule has 1 aromatic carbocycles. The first-order valence-corrected chi connectivity index (χ1v) is 4.42. The molecule has 0 atom stereocenters. The molecule has 0 saturated carbocycles. The van der Waals surface area contributed by atoms with Gasteiger partial charge in [0.2, 0.25) is 0 Å². The van der Waals surface area contributed by atoms with E-state index in [0.29, 0.717) is 11.5 Å². The number of hydrogen-bond acceptors (Lipinski definition) is 2. The lowest BCUT2D eigenvalue weighted by molar-refractivity contribution is 0.585. The molecular weight excluding hydrogens is 198 g/mol. The molecule has 1 aromatic heterocycles. The molecule has 0 saturated heterocycles. The molecule has 4 heteroatoms. The minimum Gasteiger partial charge on any atom is -0.242 e. The van der Waals surface area contributed by atoms with Crippen molar-refractivity contribution in [3.05, 3.63) is 47.9 Å². The van der Waals surface area contributed by atoms with Crippen LogP contribution in [0.15, 0.2) is 30.5 Å². The van der Waals surface area contributed by atoms with Gasteiger partial charge in [-0.05, 0) is 25.1 Å². The number of aromatic nitrogens is 2. The summed E-state index contributed by atoms with van der Waals surface area (Å²) in [7, 11) is 0. The fourth-order valence-corrected chi connectivity index (χ4v) is 1.30. The van der Waals surface area contributed by atoms with Gasteiger partial charge in [0.05, 0.1) is 5.69 Å². The van der Waals surface area contributed by atoms with E-state index in [4.69, 9.17) is 0 Å². The first-order valence-electron chi connectivity index (χ1n) is 4.42. The molecule has 15 heavy (non-hydrogen) atoms. The minimum atomic E-state index is -0.617. The molecule has 0 spiro atoms. The summed E-state index contributed by atoms with van der Waals surface area (Å²) in [6.07, 6.45) is 1.54. The van der Waals surface area contributed by atoms with Gasteiger partial charge >= 0.3 is 0 Å². The average Bonchev–Trinajstić information content (AvgIpc) is 2.17. The number of halogens is 2. The molecular formula is C11H8F2N2. The summed E-state index contributed by atoms with van der Waals surface area (Å²) < 4.78 is 26.0. The van der Waals surface area contributed by atoms with Crippen LogP contribution in [0.3, 0.4) is 0 Å². The zero-order valence-electron chi connectivity index (χ0n) is 8.04. The third-order valence-corrected chi connectivity index (χ3v) is 1.98. The third kappa shape index (κ3) is 1.98. The maximum atomic E-state index is 13.4. The van der Waals surface area contributed by atoms with Crippen molar-refractivity contribution < 1.29 is 8.78 Å². The topological polar surface area (TPSA) is 25.8 Å². The standard InChI is InChI=1S/C11H8F2N2/c1-7-14-5-4-11(15-7)9-3-2-8(12)6-10(9)13/h2-6H,1H3. The Balaban J connectivity index is 2.54. The zero-order chi connectivity index (χ0) is 10.8. The Morgan fingerprint density at radius 1 is 1.13 bits per heavy atom. The Labute approximate surface area is 85.6 Å². The van der Waals surface area contributed by atoms with Crippen molar-refractivity contribution in [2.24, 2.45) is 0 Å². The Kier molecular flexibility index (Phi) is 2.41. The molecule has 0 unspecified atom stereocenters. The summed E-state index contributed by atoms with van der Waals surface area (Å²) in [4.78, 5) is 7.97. The molecule has 0 radical (unpaired) electrons. The van der Waals surface area contributed by atoms with E-state index in [-0.39, 0.29) is 5.56 Å². The van der Waals surface area contributed by atoms with Crippen LogP contribution in [-0.2, 0) is 0 Å².